The second-order valence-electron chi connectivity index (χ2n) is 7.04. The second-order valence-corrected chi connectivity index (χ2v) is 7.04. The molecule has 2 aromatic carbocycles. The van der Waals surface area contributed by atoms with Crippen molar-refractivity contribution in [1.29, 1.82) is 0 Å². The van der Waals surface area contributed by atoms with E-state index in [9.17, 15) is 10.2 Å². The van der Waals surface area contributed by atoms with E-state index in [4.69, 9.17) is 0 Å². The van der Waals surface area contributed by atoms with Crippen molar-refractivity contribution >= 4 is 0 Å². The van der Waals surface area contributed by atoms with Crippen LogP contribution in [0.15, 0.2) is 121 Å². The predicted molar refractivity (Wildman–Crippen MR) is 145 cm³/mol. The Hall–Kier alpha value is -3.52. The van der Waals surface area contributed by atoms with Crippen molar-refractivity contribution in [3.63, 3.8) is 0 Å². The van der Waals surface area contributed by atoms with E-state index >= 15 is 0 Å². The van der Waals surface area contributed by atoms with Crippen LogP contribution >= 0.6 is 0 Å². The van der Waals surface area contributed by atoms with Crippen molar-refractivity contribution in [3.05, 3.63) is 132 Å². The fourth-order valence-electron chi connectivity index (χ4n) is 4.20. The zero-order valence-corrected chi connectivity index (χ0v) is 20.9. The van der Waals surface area contributed by atoms with Crippen molar-refractivity contribution in [3.8, 4) is 11.1 Å². The number of aliphatic hydroxyl groups excluding tert-OH is 2. The van der Waals surface area contributed by atoms with Crippen LogP contribution in [0.1, 0.15) is 52.7 Å². The summed E-state index contributed by atoms with van der Waals surface area (Å²) >= 11 is 0. The minimum atomic E-state index is -0.623. The minimum absolute atomic E-state index is 0.00528. The Bertz CT molecular complexity index is 1030. The average molecular weight is 443 g/mol. The highest BCUT2D eigenvalue weighted by molar-refractivity contribution is 5.87. The summed E-state index contributed by atoms with van der Waals surface area (Å²) in [6.07, 6.45) is 11.0. The monoisotopic (exact) mass is 442 g/mol. The molecule has 0 saturated carbocycles. The fraction of sp³-hybridized carbons (Fsp3) is 0.226. The van der Waals surface area contributed by atoms with Crippen LogP contribution < -0.4 is 0 Å². The molecule has 3 rings (SSSR count). The van der Waals surface area contributed by atoms with E-state index in [-0.39, 0.29) is 11.5 Å². The topological polar surface area (TPSA) is 40.5 Å². The minimum Gasteiger partial charge on any atom is -0.513 e. The van der Waals surface area contributed by atoms with E-state index in [1.54, 1.807) is 19.1 Å². The van der Waals surface area contributed by atoms with Gasteiger partial charge >= 0.3 is 0 Å². The molecule has 0 atom stereocenters. The smallest absolute Gasteiger partial charge is 0.108 e. The van der Waals surface area contributed by atoms with Gasteiger partial charge in [-0.05, 0) is 59.4 Å². The second kappa shape index (κ2) is 13.1. The quantitative estimate of drug-likeness (QED) is 0.346. The maximum Gasteiger partial charge on any atom is 0.108 e. The van der Waals surface area contributed by atoms with E-state index in [1.807, 2.05) is 83.2 Å². The fourth-order valence-corrected chi connectivity index (χ4v) is 4.20. The van der Waals surface area contributed by atoms with Crippen LogP contribution in [0.3, 0.4) is 0 Å². The first kappa shape index (κ1) is 27.5. The van der Waals surface area contributed by atoms with Gasteiger partial charge in [0.1, 0.15) is 5.76 Å². The van der Waals surface area contributed by atoms with Gasteiger partial charge in [-0.15, -0.1) is 0 Å². The van der Waals surface area contributed by atoms with Gasteiger partial charge in [0.2, 0.25) is 0 Å². The van der Waals surface area contributed by atoms with Crippen LogP contribution in [-0.2, 0) is 5.41 Å². The maximum absolute atomic E-state index is 9.79. The van der Waals surface area contributed by atoms with E-state index < -0.39 is 5.41 Å². The van der Waals surface area contributed by atoms with Crippen LogP contribution in [-0.4, -0.2) is 10.2 Å². The largest absolute Gasteiger partial charge is 0.513 e. The van der Waals surface area contributed by atoms with Gasteiger partial charge < -0.3 is 10.2 Å². The first-order chi connectivity index (χ1) is 16.0. The number of benzene rings is 2. The summed E-state index contributed by atoms with van der Waals surface area (Å²) < 4.78 is 0. The van der Waals surface area contributed by atoms with Crippen molar-refractivity contribution < 1.29 is 10.2 Å². The summed E-state index contributed by atoms with van der Waals surface area (Å²) in [5, 5.41) is 19.5. The van der Waals surface area contributed by atoms with Gasteiger partial charge in [-0.3, -0.25) is 0 Å². The first-order valence-corrected chi connectivity index (χ1v) is 11.6. The lowest BCUT2D eigenvalue weighted by Gasteiger charge is -2.35. The lowest BCUT2D eigenvalue weighted by molar-refractivity contribution is 0.414. The number of hydrogen-bond acceptors (Lipinski definition) is 2. The molecule has 2 N–H and O–H groups in total. The Morgan fingerprint density at radius 2 is 1.27 bits per heavy atom. The number of rotatable bonds is 6. The molecule has 0 spiro atoms. The van der Waals surface area contributed by atoms with Gasteiger partial charge in [0.05, 0.1) is 11.2 Å². The molecule has 2 nitrogen and oxygen atoms in total. The first-order valence-electron chi connectivity index (χ1n) is 11.6. The molecule has 0 heterocycles. The highest BCUT2D eigenvalue weighted by Crippen LogP contribution is 2.56. The van der Waals surface area contributed by atoms with E-state index in [0.717, 1.165) is 33.4 Å². The van der Waals surface area contributed by atoms with Crippen LogP contribution in [0.5, 0.6) is 0 Å². The molecule has 1 aliphatic rings. The van der Waals surface area contributed by atoms with Crippen molar-refractivity contribution in [2.75, 3.05) is 0 Å². The normalized spacial score (nSPS) is 14.3. The highest BCUT2D eigenvalue weighted by atomic mass is 16.3. The average Bonchev–Trinajstić information content (AvgIpc) is 3.14. The molecule has 0 amide bonds. The molecule has 1 aliphatic carbocycles. The summed E-state index contributed by atoms with van der Waals surface area (Å²) in [5.74, 6) is 0.217. The number of aliphatic hydroxyl groups is 2. The summed E-state index contributed by atoms with van der Waals surface area (Å²) in [6.45, 7) is 19.3. The Labute approximate surface area is 200 Å². The molecule has 0 bridgehead atoms. The van der Waals surface area contributed by atoms with Crippen LogP contribution in [0.25, 0.3) is 11.1 Å². The predicted octanol–water partition coefficient (Wildman–Crippen LogP) is 9.15. The standard InChI is InChI=1S/C27H26O2.2C2H6/c1-5-21(17-15-19(3)28)27(22(6-2)18-16-20(4)29)25-13-9-7-11-23(25)24-12-8-10-14-26(24)27;2*1-2/h5-18,28-29H,1,4H2,2-3H3;2*1-2H3/b18-16-,19-15+,21-17+,22-6+;;. The lowest BCUT2D eigenvalue weighted by Crippen LogP contribution is -2.29. The molecule has 2 heteroatoms. The Balaban J connectivity index is 0.00000129. The highest BCUT2D eigenvalue weighted by Gasteiger charge is 2.46. The van der Waals surface area contributed by atoms with Gasteiger partial charge in [-0.1, -0.05) is 114 Å². The van der Waals surface area contributed by atoms with E-state index in [0.29, 0.717) is 0 Å². The van der Waals surface area contributed by atoms with Gasteiger partial charge in [0.15, 0.2) is 0 Å². The van der Waals surface area contributed by atoms with E-state index in [1.165, 1.54) is 0 Å². The molecule has 0 radical (unpaired) electrons. The van der Waals surface area contributed by atoms with Gasteiger partial charge in [-0.25, -0.2) is 0 Å². The van der Waals surface area contributed by atoms with Gasteiger partial charge in [0.25, 0.3) is 0 Å². The molecule has 0 aliphatic heterocycles. The van der Waals surface area contributed by atoms with Gasteiger partial charge in [-0.2, -0.15) is 0 Å². The van der Waals surface area contributed by atoms with Crippen LogP contribution in [0.2, 0.25) is 0 Å². The molecule has 0 aromatic heterocycles. The third-order valence-electron chi connectivity index (χ3n) is 5.31. The third kappa shape index (κ3) is 5.46. The summed E-state index contributed by atoms with van der Waals surface area (Å²) in [7, 11) is 0. The Kier molecular flexibility index (Phi) is 10.9. The van der Waals surface area contributed by atoms with Crippen molar-refractivity contribution in [2.45, 2.75) is 47.0 Å². The lowest BCUT2D eigenvalue weighted by atomic mass is 9.66. The zero-order chi connectivity index (χ0) is 25.0. The summed E-state index contributed by atoms with van der Waals surface area (Å²) in [6, 6.07) is 16.7. The van der Waals surface area contributed by atoms with Gasteiger partial charge in [0, 0.05) is 0 Å². The maximum atomic E-state index is 9.79. The number of allylic oxidation sites excluding steroid dienone is 9. The SMILES string of the molecule is C=C/C(=C\C=C(/C)O)C1(C(/C=C\C(=C)O)=C/C)c2ccccc2-c2ccccc21.CC.CC. The molecular weight excluding hydrogens is 404 g/mol. The molecule has 2 aromatic rings. The number of hydrogen-bond donors (Lipinski definition) is 2. The number of fused-ring (bicyclic) bond motifs is 3. The van der Waals surface area contributed by atoms with Crippen molar-refractivity contribution in [1.82, 2.24) is 0 Å². The van der Waals surface area contributed by atoms with Crippen molar-refractivity contribution in [2.24, 2.45) is 0 Å². The van der Waals surface area contributed by atoms with E-state index in [2.05, 4.69) is 37.4 Å². The molecule has 174 valence electrons. The summed E-state index contributed by atoms with van der Waals surface area (Å²) in [4.78, 5) is 0. The van der Waals surface area contributed by atoms with Crippen LogP contribution in [0, 0.1) is 0 Å². The molecule has 0 fully saturated rings. The Morgan fingerprint density at radius 1 is 0.788 bits per heavy atom. The Morgan fingerprint density at radius 3 is 1.67 bits per heavy atom. The molecule has 33 heavy (non-hydrogen) atoms. The molecule has 0 unspecified atom stereocenters. The molecule has 0 saturated heterocycles. The third-order valence-corrected chi connectivity index (χ3v) is 5.31. The van der Waals surface area contributed by atoms with Crippen LogP contribution in [0.4, 0.5) is 0 Å². The zero-order valence-electron chi connectivity index (χ0n) is 20.9. The molecular formula is C31H38O2. The summed E-state index contributed by atoms with van der Waals surface area (Å²) in [5.41, 5.74) is 5.90.